The van der Waals surface area contributed by atoms with Crippen LogP contribution in [0.2, 0.25) is 0 Å². The minimum atomic E-state index is 0.124. The smallest absolute Gasteiger partial charge is 0.00302 e. The first-order valence-corrected chi connectivity index (χ1v) is 15.0. The largest absolute Gasteiger partial charge is 0.102 e. The minimum Gasteiger partial charge on any atom is -0.102 e. The van der Waals surface area contributed by atoms with Crippen LogP contribution in [-0.4, -0.2) is 0 Å². The van der Waals surface area contributed by atoms with Crippen molar-refractivity contribution in [2.45, 2.75) is 134 Å². The lowest BCUT2D eigenvalue weighted by Gasteiger charge is -2.28. The summed E-state index contributed by atoms with van der Waals surface area (Å²) in [5.74, 6) is 7.21. The number of hydrogen-bond acceptors (Lipinski definition) is 0. The van der Waals surface area contributed by atoms with E-state index in [-0.39, 0.29) is 5.41 Å². The van der Waals surface area contributed by atoms with E-state index in [0.717, 1.165) is 47.3 Å². The van der Waals surface area contributed by atoms with Gasteiger partial charge in [0.05, 0.1) is 0 Å². The molecule has 0 saturated heterocycles. The molecule has 0 amide bonds. The predicted molar refractivity (Wildman–Crippen MR) is 158 cm³/mol. The molecule has 8 atom stereocenters. The molecule has 202 valence electrons. The first-order chi connectivity index (χ1) is 15.7. The zero-order valence-corrected chi connectivity index (χ0v) is 25.8. The molecule has 0 saturated carbocycles. The number of allylic oxidation sites excluding steroid dienone is 3. The van der Waals surface area contributed by atoms with Crippen LogP contribution in [0, 0.1) is 58.7 Å². The summed E-state index contributed by atoms with van der Waals surface area (Å²) in [7, 11) is 0. The van der Waals surface area contributed by atoms with Gasteiger partial charge in [0.2, 0.25) is 0 Å². The van der Waals surface area contributed by atoms with Crippen molar-refractivity contribution in [3.05, 3.63) is 24.8 Å². The second-order valence-electron chi connectivity index (χ2n) is 13.7. The first-order valence-electron chi connectivity index (χ1n) is 15.0. The van der Waals surface area contributed by atoms with E-state index in [1.165, 1.54) is 51.4 Å². The second kappa shape index (κ2) is 17.0. The molecule has 0 bridgehead atoms. The Morgan fingerprint density at radius 2 is 0.882 bits per heavy atom. The van der Waals surface area contributed by atoms with Gasteiger partial charge >= 0.3 is 0 Å². The van der Waals surface area contributed by atoms with Crippen LogP contribution < -0.4 is 0 Å². The van der Waals surface area contributed by atoms with Gasteiger partial charge in [-0.15, -0.1) is 6.58 Å². The monoisotopic (exact) mass is 475 g/mol. The molecule has 0 rings (SSSR count). The molecule has 0 aliphatic heterocycles. The molecule has 0 heteroatoms. The molecular weight excluding hydrogens is 408 g/mol. The van der Waals surface area contributed by atoms with E-state index in [1.807, 2.05) is 0 Å². The number of hydrogen-bond donors (Lipinski definition) is 0. The quantitative estimate of drug-likeness (QED) is 0.163. The lowest BCUT2D eigenvalue weighted by molar-refractivity contribution is 0.273. The van der Waals surface area contributed by atoms with Crippen molar-refractivity contribution in [3.8, 4) is 0 Å². The average Bonchev–Trinajstić information content (AvgIpc) is 2.80. The topological polar surface area (TPSA) is 0 Å². The summed E-state index contributed by atoms with van der Waals surface area (Å²) in [5.41, 5.74) is 0.124. The minimum absolute atomic E-state index is 0.124. The van der Waals surface area contributed by atoms with Gasteiger partial charge in [-0.25, -0.2) is 0 Å². The Kier molecular flexibility index (Phi) is 16.8. The van der Waals surface area contributed by atoms with Crippen LogP contribution in [0.5, 0.6) is 0 Å². The van der Waals surface area contributed by atoms with Gasteiger partial charge < -0.3 is 0 Å². The summed E-state index contributed by atoms with van der Waals surface area (Å²) in [6, 6.07) is 0. The highest BCUT2D eigenvalue weighted by Gasteiger charge is 2.22. The molecule has 0 nitrogen and oxygen atoms in total. The van der Waals surface area contributed by atoms with Crippen LogP contribution in [0.4, 0.5) is 0 Å². The lowest BCUT2D eigenvalue weighted by Crippen LogP contribution is -2.16. The Labute approximate surface area is 217 Å². The zero-order valence-electron chi connectivity index (χ0n) is 25.8. The third kappa shape index (κ3) is 14.1. The molecule has 34 heavy (non-hydrogen) atoms. The maximum absolute atomic E-state index is 4.21. The van der Waals surface area contributed by atoms with Gasteiger partial charge in [0, 0.05) is 5.41 Å². The molecule has 0 aliphatic rings. The van der Waals surface area contributed by atoms with Gasteiger partial charge in [-0.2, -0.15) is 0 Å². The van der Waals surface area contributed by atoms with Gasteiger partial charge in [-0.1, -0.05) is 127 Å². The number of rotatable bonds is 19. The molecule has 0 aromatic carbocycles. The van der Waals surface area contributed by atoms with Gasteiger partial charge in [0.15, 0.2) is 0 Å². The molecule has 0 aromatic heterocycles. The maximum Gasteiger partial charge on any atom is 0.00302 e. The third-order valence-corrected chi connectivity index (χ3v) is 9.86. The van der Waals surface area contributed by atoms with E-state index in [9.17, 15) is 0 Å². The second-order valence-corrected chi connectivity index (χ2v) is 13.7. The van der Waals surface area contributed by atoms with Crippen LogP contribution >= 0.6 is 0 Å². The van der Waals surface area contributed by atoms with Gasteiger partial charge in [0.25, 0.3) is 0 Å². The standard InChI is InChI=1S/C34H66/c1-14-34(13,24-22-33(12)32(11)20-18-29(8)26(4)5)23-21-27(6)15-16-30(9)31(10)19-17-28(7)25(2)3/h14,21,23,25-33H,1,15-20,22,24H2,2-13H3/b23-21+. The van der Waals surface area contributed by atoms with Crippen LogP contribution in [0.3, 0.4) is 0 Å². The zero-order chi connectivity index (χ0) is 26.5. The average molecular weight is 475 g/mol. The van der Waals surface area contributed by atoms with Crippen LogP contribution in [-0.2, 0) is 0 Å². The van der Waals surface area contributed by atoms with Crippen molar-refractivity contribution in [3.63, 3.8) is 0 Å². The Morgan fingerprint density at radius 1 is 0.529 bits per heavy atom. The molecule has 0 heterocycles. The molecule has 0 aromatic rings. The molecule has 8 unspecified atom stereocenters. The fourth-order valence-corrected chi connectivity index (χ4v) is 4.65. The summed E-state index contributed by atoms with van der Waals surface area (Å²) < 4.78 is 0. The maximum atomic E-state index is 4.21. The van der Waals surface area contributed by atoms with Crippen molar-refractivity contribution >= 4 is 0 Å². The van der Waals surface area contributed by atoms with Crippen molar-refractivity contribution < 1.29 is 0 Å². The lowest BCUT2D eigenvalue weighted by atomic mass is 9.78. The summed E-state index contributed by atoms with van der Waals surface area (Å²) in [6.07, 6.45) is 17.8. The predicted octanol–water partition coefficient (Wildman–Crippen LogP) is 11.6. The summed E-state index contributed by atoms with van der Waals surface area (Å²) >= 11 is 0. The van der Waals surface area contributed by atoms with Crippen molar-refractivity contribution in [2.75, 3.05) is 0 Å². The molecule has 0 spiro atoms. The SMILES string of the molecule is C=CC(C)(/C=C/C(C)CCC(C)C(C)CCC(C)C(C)C)CCC(C)C(C)CCC(C)C(C)C. The third-order valence-electron chi connectivity index (χ3n) is 9.86. The van der Waals surface area contributed by atoms with E-state index in [1.54, 1.807) is 0 Å². The molecule has 0 aliphatic carbocycles. The van der Waals surface area contributed by atoms with Gasteiger partial charge in [-0.3, -0.25) is 0 Å². The fourth-order valence-electron chi connectivity index (χ4n) is 4.65. The highest BCUT2D eigenvalue weighted by Crippen LogP contribution is 2.33. The van der Waals surface area contributed by atoms with E-state index in [2.05, 4.69) is 108 Å². The Morgan fingerprint density at radius 3 is 1.26 bits per heavy atom. The van der Waals surface area contributed by atoms with Gasteiger partial charge in [0.1, 0.15) is 0 Å². The normalized spacial score (nSPS) is 20.6. The molecule has 0 radical (unpaired) electrons. The molecular formula is C34H66. The van der Waals surface area contributed by atoms with E-state index in [0.29, 0.717) is 5.92 Å². The fraction of sp³-hybridized carbons (Fsp3) is 0.882. The summed E-state index contributed by atoms with van der Waals surface area (Å²) in [4.78, 5) is 0. The van der Waals surface area contributed by atoms with Crippen LogP contribution in [0.25, 0.3) is 0 Å². The molecule has 0 N–H and O–H groups in total. The Balaban J connectivity index is 4.52. The van der Waals surface area contributed by atoms with Crippen molar-refractivity contribution in [1.82, 2.24) is 0 Å². The Hall–Kier alpha value is -0.520. The van der Waals surface area contributed by atoms with Crippen LogP contribution in [0.15, 0.2) is 24.8 Å². The van der Waals surface area contributed by atoms with E-state index in [4.69, 9.17) is 0 Å². The Bertz CT molecular complexity index is 540. The molecule has 0 fully saturated rings. The summed E-state index contributed by atoms with van der Waals surface area (Å²) in [6.45, 7) is 33.1. The van der Waals surface area contributed by atoms with Gasteiger partial charge in [-0.05, 0) is 78.9 Å². The van der Waals surface area contributed by atoms with E-state index < -0.39 is 0 Å². The summed E-state index contributed by atoms with van der Waals surface area (Å²) in [5, 5.41) is 0. The highest BCUT2D eigenvalue weighted by atomic mass is 14.3. The van der Waals surface area contributed by atoms with Crippen molar-refractivity contribution in [2.24, 2.45) is 58.7 Å². The van der Waals surface area contributed by atoms with E-state index >= 15 is 0 Å². The van der Waals surface area contributed by atoms with Crippen LogP contribution in [0.1, 0.15) is 134 Å². The first kappa shape index (κ1) is 33.5. The highest BCUT2D eigenvalue weighted by molar-refractivity contribution is 5.08. The van der Waals surface area contributed by atoms with Crippen molar-refractivity contribution in [1.29, 1.82) is 0 Å².